The number of fused-ring (bicyclic) bond motifs is 2. The summed E-state index contributed by atoms with van der Waals surface area (Å²) in [4.78, 5) is 10.6. The molecule has 0 aromatic heterocycles. The first-order valence-electron chi connectivity index (χ1n) is 9.25. The van der Waals surface area contributed by atoms with Gasteiger partial charge in [-0.1, -0.05) is 30.3 Å². The Bertz CT molecular complexity index is 546. The van der Waals surface area contributed by atoms with Crippen molar-refractivity contribution in [1.82, 2.24) is 0 Å². The van der Waals surface area contributed by atoms with Crippen molar-refractivity contribution >= 4 is 5.97 Å². The Kier molecular flexibility index (Phi) is 6.45. The molecule has 1 aromatic carbocycles. The lowest BCUT2D eigenvalue weighted by Gasteiger charge is -2.32. The number of ether oxygens (including phenoxy) is 3. The number of benzene rings is 1. The topological polar surface area (TPSA) is 65.0 Å². The summed E-state index contributed by atoms with van der Waals surface area (Å²) < 4.78 is 18.0. The first kappa shape index (κ1) is 18.4. The first-order valence-corrected chi connectivity index (χ1v) is 9.25. The Balaban J connectivity index is 1.48. The molecule has 5 unspecified atom stereocenters. The fourth-order valence-corrected chi connectivity index (χ4v) is 4.17. The van der Waals surface area contributed by atoms with Crippen molar-refractivity contribution in [1.29, 1.82) is 0 Å². The van der Waals surface area contributed by atoms with Gasteiger partial charge in [0.25, 0.3) is 0 Å². The maximum Gasteiger partial charge on any atom is 0.303 e. The van der Waals surface area contributed by atoms with Gasteiger partial charge >= 0.3 is 5.97 Å². The van der Waals surface area contributed by atoms with E-state index in [1.807, 2.05) is 18.2 Å². The van der Waals surface area contributed by atoms with E-state index in [4.69, 9.17) is 19.3 Å². The Labute approximate surface area is 149 Å². The van der Waals surface area contributed by atoms with Crippen LogP contribution in [0.5, 0.6) is 0 Å². The number of aliphatic carboxylic acids is 1. The van der Waals surface area contributed by atoms with Crippen LogP contribution in [0.3, 0.4) is 0 Å². The van der Waals surface area contributed by atoms with Gasteiger partial charge in [0.15, 0.2) is 0 Å². The Morgan fingerprint density at radius 2 is 2.04 bits per heavy atom. The molecule has 2 heterocycles. The molecule has 2 aliphatic rings. The molecule has 0 spiro atoms. The van der Waals surface area contributed by atoms with Crippen molar-refractivity contribution in [2.45, 2.75) is 57.5 Å². The molecule has 0 saturated carbocycles. The second-order valence-corrected chi connectivity index (χ2v) is 7.11. The van der Waals surface area contributed by atoms with E-state index in [0.29, 0.717) is 38.1 Å². The van der Waals surface area contributed by atoms with Crippen LogP contribution in [0.2, 0.25) is 0 Å². The fourth-order valence-electron chi connectivity index (χ4n) is 4.17. The van der Waals surface area contributed by atoms with E-state index in [0.717, 1.165) is 12.8 Å². The maximum atomic E-state index is 10.6. The van der Waals surface area contributed by atoms with Gasteiger partial charge in [-0.3, -0.25) is 4.79 Å². The van der Waals surface area contributed by atoms with Crippen LogP contribution in [0, 0.1) is 11.8 Å². The lowest BCUT2D eigenvalue weighted by molar-refractivity contribution is -0.137. The van der Waals surface area contributed by atoms with Crippen LogP contribution in [0.4, 0.5) is 0 Å². The largest absolute Gasteiger partial charge is 0.481 e. The molecule has 3 rings (SSSR count). The molecule has 2 fully saturated rings. The Hall–Kier alpha value is -1.43. The summed E-state index contributed by atoms with van der Waals surface area (Å²) in [6.45, 7) is 3.87. The van der Waals surface area contributed by atoms with E-state index in [1.165, 1.54) is 5.56 Å². The molecule has 5 atom stereocenters. The second-order valence-electron chi connectivity index (χ2n) is 7.11. The monoisotopic (exact) mass is 348 g/mol. The predicted molar refractivity (Wildman–Crippen MR) is 93.3 cm³/mol. The third-order valence-corrected chi connectivity index (χ3v) is 5.37. The van der Waals surface area contributed by atoms with Crippen molar-refractivity contribution in [3.63, 3.8) is 0 Å². The van der Waals surface area contributed by atoms with Gasteiger partial charge in [-0.15, -0.1) is 0 Å². The van der Waals surface area contributed by atoms with E-state index in [2.05, 4.69) is 19.1 Å². The average molecular weight is 348 g/mol. The zero-order valence-corrected chi connectivity index (χ0v) is 14.8. The minimum absolute atomic E-state index is 0.0643. The van der Waals surface area contributed by atoms with E-state index in [9.17, 15) is 4.79 Å². The standard InChI is InChI=1S/C20H28O5/c1-14(24-11-5-8-19(21)22)20-16(17-9-10-18(20)25-17)13-23-12-15-6-3-2-4-7-15/h2-4,6-7,14,16-18,20H,5,8-13H2,1H3,(H,21,22). The van der Waals surface area contributed by atoms with Crippen LogP contribution in [0.1, 0.15) is 38.2 Å². The SMILES string of the molecule is CC(OCCCC(=O)O)C1C2CCC(O2)C1COCc1ccccc1. The molecule has 1 N–H and O–H groups in total. The highest BCUT2D eigenvalue weighted by Crippen LogP contribution is 2.45. The molecule has 1 aromatic rings. The Morgan fingerprint density at radius 3 is 2.80 bits per heavy atom. The summed E-state index contributed by atoms with van der Waals surface area (Å²) in [7, 11) is 0. The van der Waals surface area contributed by atoms with Crippen molar-refractivity contribution in [2.75, 3.05) is 13.2 Å². The highest BCUT2D eigenvalue weighted by atomic mass is 16.5. The minimum Gasteiger partial charge on any atom is -0.481 e. The van der Waals surface area contributed by atoms with Crippen LogP contribution in [0.15, 0.2) is 30.3 Å². The van der Waals surface area contributed by atoms with E-state index in [-0.39, 0.29) is 24.7 Å². The molecule has 25 heavy (non-hydrogen) atoms. The third kappa shape index (κ3) is 4.81. The molecule has 2 saturated heterocycles. The number of hydrogen-bond acceptors (Lipinski definition) is 4. The van der Waals surface area contributed by atoms with Crippen molar-refractivity contribution in [2.24, 2.45) is 11.8 Å². The van der Waals surface area contributed by atoms with Crippen LogP contribution < -0.4 is 0 Å². The minimum atomic E-state index is -0.772. The molecule has 5 nitrogen and oxygen atoms in total. The van der Waals surface area contributed by atoms with Crippen LogP contribution in [0.25, 0.3) is 0 Å². The zero-order valence-electron chi connectivity index (χ0n) is 14.8. The van der Waals surface area contributed by atoms with Gasteiger partial charge in [0.1, 0.15) is 0 Å². The second kappa shape index (κ2) is 8.79. The van der Waals surface area contributed by atoms with Crippen LogP contribution in [-0.2, 0) is 25.6 Å². The van der Waals surface area contributed by atoms with Gasteiger partial charge in [-0.25, -0.2) is 0 Å². The number of carbonyl (C=O) groups is 1. The highest BCUT2D eigenvalue weighted by Gasteiger charge is 2.51. The molecule has 0 amide bonds. The highest BCUT2D eigenvalue weighted by molar-refractivity contribution is 5.66. The first-order chi connectivity index (χ1) is 12.1. The quantitative estimate of drug-likeness (QED) is 0.658. The number of hydrogen-bond donors (Lipinski definition) is 1. The summed E-state index contributed by atoms with van der Waals surface area (Å²) in [6, 6.07) is 10.2. The number of rotatable bonds is 10. The molecule has 0 aliphatic carbocycles. The molecule has 5 heteroatoms. The fraction of sp³-hybridized carbons (Fsp3) is 0.650. The predicted octanol–water partition coefficient (Wildman–Crippen LogP) is 3.27. The van der Waals surface area contributed by atoms with Crippen LogP contribution in [-0.4, -0.2) is 42.6 Å². The van der Waals surface area contributed by atoms with Gasteiger partial charge in [0.05, 0.1) is 31.5 Å². The zero-order chi connectivity index (χ0) is 17.6. The summed E-state index contributed by atoms with van der Waals surface area (Å²) >= 11 is 0. The summed E-state index contributed by atoms with van der Waals surface area (Å²) in [5.74, 6) is -0.0806. The molecular weight excluding hydrogens is 320 g/mol. The summed E-state index contributed by atoms with van der Waals surface area (Å²) in [6.07, 6.45) is 3.50. The molecule has 138 valence electrons. The summed E-state index contributed by atoms with van der Waals surface area (Å²) in [5, 5.41) is 8.72. The molecule has 2 bridgehead atoms. The van der Waals surface area contributed by atoms with Crippen molar-refractivity contribution in [3.05, 3.63) is 35.9 Å². The lowest BCUT2D eigenvalue weighted by Crippen LogP contribution is -2.38. The van der Waals surface area contributed by atoms with Gasteiger partial charge < -0.3 is 19.3 Å². The lowest BCUT2D eigenvalue weighted by atomic mass is 9.77. The van der Waals surface area contributed by atoms with Crippen molar-refractivity contribution < 1.29 is 24.1 Å². The normalized spacial score (nSPS) is 29.0. The van der Waals surface area contributed by atoms with Gasteiger partial charge in [0, 0.05) is 24.9 Å². The third-order valence-electron chi connectivity index (χ3n) is 5.37. The summed E-state index contributed by atoms with van der Waals surface area (Å²) in [5.41, 5.74) is 1.18. The van der Waals surface area contributed by atoms with E-state index < -0.39 is 5.97 Å². The van der Waals surface area contributed by atoms with Crippen LogP contribution >= 0.6 is 0 Å². The molecule has 0 radical (unpaired) electrons. The van der Waals surface area contributed by atoms with E-state index in [1.54, 1.807) is 0 Å². The number of carboxylic acid groups (broad SMARTS) is 1. The molecular formula is C20H28O5. The number of carboxylic acids is 1. The van der Waals surface area contributed by atoms with Gasteiger partial charge in [-0.05, 0) is 31.7 Å². The van der Waals surface area contributed by atoms with Crippen molar-refractivity contribution in [3.8, 4) is 0 Å². The van der Waals surface area contributed by atoms with E-state index >= 15 is 0 Å². The van der Waals surface area contributed by atoms with Gasteiger partial charge in [-0.2, -0.15) is 0 Å². The smallest absolute Gasteiger partial charge is 0.303 e. The van der Waals surface area contributed by atoms with Gasteiger partial charge in [0.2, 0.25) is 0 Å². The Morgan fingerprint density at radius 1 is 1.28 bits per heavy atom. The average Bonchev–Trinajstić information content (AvgIpc) is 3.21. The maximum absolute atomic E-state index is 10.6. The molecule has 2 aliphatic heterocycles.